The van der Waals surface area contributed by atoms with Crippen molar-refractivity contribution in [1.82, 2.24) is 9.97 Å². The minimum Gasteiger partial charge on any atom is -0.372 e. The van der Waals surface area contributed by atoms with Crippen LogP contribution in [0.3, 0.4) is 0 Å². The molecule has 7 heteroatoms. The molecule has 0 unspecified atom stereocenters. The molecule has 6 nitrogen and oxygen atoms in total. The van der Waals surface area contributed by atoms with Gasteiger partial charge in [-0.25, -0.2) is 9.97 Å². The average Bonchev–Trinajstić information content (AvgIpc) is 2.85. The second-order valence-electron chi connectivity index (χ2n) is 8.65. The van der Waals surface area contributed by atoms with E-state index in [9.17, 15) is 4.79 Å². The third-order valence-corrected chi connectivity index (χ3v) is 6.42. The summed E-state index contributed by atoms with van der Waals surface area (Å²) in [5, 5.41) is 4.03. The summed E-state index contributed by atoms with van der Waals surface area (Å²) in [6, 6.07) is 10.4. The second-order valence-corrected chi connectivity index (χ2v) is 9.44. The first-order valence-corrected chi connectivity index (χ1v) is 14.0. The number of rotatable bonds is 16. The fourth-order valence-corrected chi connectivity index (χ4v) is 4.52. The van der Waals surface area contributed by atoms with E-state index in [2.05, 4.69) is 65.1 Å². The lowest BCUT2D eigenvalue weighted by Gasteiger charge is -2.27. The van der Waals surface area contributed by atoms with Crippen molar-refractivity contribution in [2.45, 2.75) is 77.7 Å². The van der Waals surface area contributed by atoms with Crippen molar-refractivity contribution in [2.24, 2.45) is 0 Å². The number of anilines is 3. The normalized spacial score (nSPS) is 10.9. The quantitative estimate of drug-likeness (QED) is 0.215. The highest BCUT2D eigenvalue weighted by Crippen LogP contribution is 2.33. The van der Waals surface area contributed by atoms with Gasteiger partial charge in [-0.15, -0.1) is 11.8 Å². The van der Waals surface area contributed by atoms with Crippen LogP contribution in [0, 0.1) is 6.92 Å². The van der Waals surface area contributed by atoms with Crippen LogP contribution < -0.4 is 15.1 Å². The highest BCUT2D eigenvalue weighted by molar-refractivity contribution is 7.98. The fourth-order valence-electron chi connectivity index (χ4n) is 3.95. The van der Waals surface area contributed by atoms with Crippen LogP contribution in [0.4, 0.5) is 17.2 Å². The molecule has 34 heavy (non-hydrogen) atoms. The summed E-state index contributed by atoms with van der Waals surface area (Å²) in [7, 11) is 0. The first-order valence-electron chi connectivity index (χ1n) is 12.8. The highest BCUT2D eigenvalue weighted by atomic mass is 32.2. The first-order chi connectivity index (χ1) is 16.5. The topological polar surface area (TPSA) is 61.4 Å². The minimum atomic E-state index is 0.0273. The third kappa shape index (κ3) is 8.82. The average molecular weight is 486 g/mol. The highest BCUT2D eigenvalue weighted by Gasteiger charge is 2.20. The van der Waals surface area contributed by atoms with Crippen LogP contribution in [0.25, 0.3) is 0 Å². The number of nitrogens with one attached hydrogen (secondary N) is 1. The Balaban J connectivity index is 2.13. The Bertz CT molecular complexity index is 854. The smallest absolute Gasteiger partial charge is 0.224 e. The summed E-state index contributed by atoms with van der Waals surface area (Å²) in [5.74, 6) is 1.64. The lowest BCUT2D eigenvalue weighted by Crippen LogP contribution is -2.29. The SMILES string of the molecule is CCCCN(CCCC)c1nc(C)nc(SC)c1NC(=O)CCCN(CCC)c1ccccc1. The van der Waals surface area contributed by atoms with E-state index in [1.54, 1.807) is 11.8 Å². The molecule has 0 atom stereocenters. The van der Waals surface area contributed by atoms with Gasteiger partial charge in [0.25, 0.3) is 0 Å². The fraction of sp³-hybridized carbons (Fsp3) is 0.593. The van der Waals surface area contributed by atoms with Gasteiger partial charge >= 0.3 is 0 Å². The zero-order valence-corrected chi connectivity index (χ0v) is 22.6. The molecule has 0 radical (unpaired) electrons. The standard InChI is InChI=1S/C27H43N5OS/c1-6-9-19-32(20-10-7-2)26-25(27(34-5)29-22(4)28-26)30-24(33)17-14-21-31(18-8-3)23-15-12-11-13-16-23/h11-13,15-16H,6-10,14,17-21H2,1-5H3,(H,30,33). The molecular formula is C27H43N5OS. The van der Waals surface area contributed by atoms with Crippen LogP contribution in [0.5, 0.6) is 0 Å². The van der Waals surface area contributed by atoms with Crippen LogP contribution in [0.15, 0.2) is 35.4 Å². The molecule has 1 amide bonds. The summed E-state index contributed by atoms with van der Waals surface area (Å²) in [6.45, 7) is 12.2. The van der Waals surface area contributed by atoms with Gasteiger partial charge in [-0.2, -0.15) is 0 Å². The molecule has 0 fully saturated rings. The lowest BCUT2D eigenvalue weighted by atomic mass is 10.2. The van der Waals surface area contributed by atoms with E-state index in [1.807, 2.05) is 19.2 Å². The van der Waals surface area contributed by atoms with Gasteiger partial charge in [-0.1, -0.05) is 51.8 Å². The number of unbranched alkanes of at least 4 members (excludes halogenated alkanes) is 2. The molecule has 0 aliphatic carbocycles. The molecule has 2 aromatic rings. The molecule has 0 bridgehead atoms. The van der Waals surface area contributed by atoms with Crippen LogP contribution in [-0.2, 0) is 4.79 Å². The Morgan fingerprint density at radius 3 is 2.12 bits per heavy atom. The van der Waals surface area contributed by atoms with Gasteiger partial charge in [0.15, 0.2) is 5.82 Å². The maximum Gasteiger partial charge on any atom is 0.224 e. The van der Waals surface area contributed by atoms with E-state index in [4.69, 9.17) is 4.98 Å². The maximum atomic E-state index is 13.0. The van der Waals surface area contributed by atoms with Gasteiger partial charge in [0, 0.05) is 38.3 Å². The molecule has 0 spiro atoms. The summed E-state index contributed by atoms with van der Waals surface area (Å²) in [5.41, 5.74) is 1.98. The number of benzene rings is 1. The molecule has 1 aromatic carbocycles. The number of carbonyl (C=O) groups is 1. The van der Waals surface area contributed by atoms with E-state index in [1.165, 1.54) is 5.69 Å². The van der Waals surface area contributed by atoms with Gasteiger partial charge in [0.05, 0.1) is 0 Å². The Hall–Kier alpha value is -2.28. The van der Waals surface area contributed by atoms with Crippen molar-refractivity contribution in [3.05, 3.63) is 36.2 Å². The molecule has 0 aliphatic rings. The minimum absolute atomic E-state index is 0.0273. The maximum absolute atomic E-state index is 13.0. The molecule has 1 aromatic heterocycles. The largest absolute Gasteiger partial charge is 0.372 e. The summed E-state index contributed by atoms with van der Waals surface area (Å²) >= 11 is 1.56. The van der Waals surface area contributed by atoms with Crippen molar-refractivity contribution >= 4 is 34.9 Å². The van der Waals surface area contributed by atoms with Crippen LogP contribution >= 0.6 is 11.8 Å². The zero-order chi connectivity index (χ0) is 24.8. The van der Waals surface area contributed by atoms with Crippen molar-refractivity contribution in [3.63, 3.8) is 0 Å². The number of amides is 1. The van der Waals surface area contributed by atoms with Gasteiger partial charge < -0.3 is 15.1 Å². The predicted molar refractivity (Wildman–Crippen MR) is 147 cm³/mol. The van der Waals surface area contributed by atoms with Crippen molar-refractivity contribution in [2.75, 3.05) is 47.6 Å². The summed E-state index contributed by atoms with van der Waals surface area (Å²) in [6.07, 6.45) is 8.80. The van der Waals surface area contributed by atoms with Gasteiger partial charge in [-0.05, 0) is 51.0 Å². The number of hydrogen-bond donors (Lipinski definition) is 1. The van der Waals surface area contributed by atoms with Crippen molar-refractivity contribution in [3.8, 4) is 0 Å². The third-order valence-electron chi connectivity index (χ3n) is 5.74. The number of aromatic nitrogens is 2. The Kier molecular flexibility index (Phi) is 12.8. The van der Waals surface area contributed by atoms with Crippen LogP contribution in [-0.4, -0.2) is 48.3 Å². The van der Waals surface area contributed by atoms with E-state index in [-0.39, 0.29) is 5.91 Å². The van der Waals surface area contributed by atoms with Gasteiger partial charge in [0.2, 0.25) is 5.91 Å². The molecule has 0 aliphatic heterocycles. The van der Waals surface area contributed by atoms with Crippen LogP contribution in [0.2, 0.25) is 0 Å². The number of hydrogen-bond acceptors (Lipinski definition) is 6. The van der Waals surface area contributed by atoms with E-state index < -0.39 is 0 Å². The Morgan fingerprint density at radius 2 is 1.53 bits per heavy atom. The number of nitrogens with zero attached hydrogens (tertiary/aromatic N) is 4. The van der Waals surface area contributed by atoms with E-state index in [0.717, 1.165) is 87.1 Å². The number of aryl methyl sites for hydroxylation is 1. The van der Waals surface area contributed by atoms with Gasteiger partial charge in [0.1, 0.15) is 16.5 Å². The Labute approximate surface area is 210 Å². The molecule has 1 N–H and O–H groups in total. The lowest BCUT2D eigenvalue weighted by molar-refractivity contribution is -0.116. The number of carbonyl (C=O) groups excluding carboxylic acids is 1. The zero-order valence-electron chi connectivity index (χ0n) is 21.8. The van der Waals surface area contributed by atoms with Crippen LogP contribution in [0.1, 0.15) is 71.5 Å². The first kappa shape index (κ1) is 28.0. The summed E-state index contributed by atoms with van der Waals surface area (Å²) in [4.78, 5) is 27.1. The summed E-state index contributed by atoms with van der Waals surface area (Å²) < 4.78 is 0. The van der Waals surface area contributed by atoms with E-state index >= 15 is 0 Å². The van der Waals surface area contributed by atoms with Crippen molar-refractivity contribution < 1.29 is 4.79 Å². The molecule has 2 rings (SSSR count). The van der Waals surface area contributed by atoms with E-state index in [0.29, 0.717) is 6.42 Å². The molecular weight excluding hydrogens is 442 g/mol. The molecule has 0 saturated carbocycles. The van der Waals surface area contributed by atoms with Crippen molar-refractivity contribution in [1.29, 1.82) is 0 Å². The molecule has 0 saturated heterocycles. The molecule has 188 valence electrons. The number of para-hydroxylation sites is 1. The molecule has 1 heterocycles. The second kappa shape index (κ2) is 15.6. The Morgan fingerprint density at radius 1 is 0.882 bits per heavy atom. The van der Waals surface area contributed by atoms with Gasteiger partial charge in [-0.3, -0.25) is 4.79 Å². The number of thioether (sulfide) groups is 1. The predicted octanol–water partition coefficient (Wildman–Crippen LogP) is 6.55. The monoisotopic (exact) mass is 485 g/mol.